The number of nitrogens with two attached hydrogens (primary N) is 1. The molecule has 3 nitrogen and oxygen atoms in total. The van der Waals surface area contributed by atoms with Gasteiger partial charge in [-0.05, 0) is 23.6 Å². The van der Waals surface area contributed by atoms with Crippen molar-refractivity contribution in [3.05, 3.63) is 29.1 Å². The number of hydrogen-bond donors (Lipinski definition) is 2. The third-order valence-electron chi connectivity index (χ3n) is 1.87. The van der Waals surface area contributed by atoms with Crippen molar-refractivity contribution in [2.24, 2.45) is 5.73 Å². The van der Waals surface area contributed by atoms with Gasteiger partial charge in [0.15, 0.2) is 0 Å². The highest BCUT2D eigenvalue weighted by Crippen LogP contribution is 2.31. The van der Waals surface area contributed by atoms with E-state index in [1.807, 2.05) is 5.38 Å². The zero-order valence-corrected chi connectivity index (χ0v) is 7.47. The first-order valence-electron chi connectivity index (χ1n) is 3.69. The van der Waals surface area contributed by atoms with Crippen LogP contribution in [0.3, 0.4) is 0 Å². The number of amides is 1. The topological polar surface area (TPSA) is 63.3 Å². The molecule has 0 aliphatic heterocycles. The van der Waals surface area contributed by atoms with Crippen LogP contribution in [0.2, 0.25) is 0 Å². The first kappa shape index (κ1) is 8.07. The minimum Gasteiger partial charge on any atom is -0.506 e. The summed E-state index contributed by atoms with van der Waals surface area (Å²) < 4.78 is 0.947. The molecule has 0 aliphatic carbocycles. The average Bonchev–Trinajstić information content (AvgIpc) is 2.52. The number of benzene rings is 1. The summed E-state index contributed by atoms with van der Waals surface area (Å²) in [4.78, 5) is 10.9. The number of primary amides is 1. The van der Waals surface area contributed by atoms with Crippen LogP contribution in [-0.2, 0) is 0 Å². The Morgan fingerprint density at radius 2 is 2.15 bits per heavy atom. The van der Waals surface area contributed by atoms with Gasteiger partial charge in [0.1, 0.15) is 5.75 Å². The zero-order valence-electron chi connectivity index (χ0n) is 6.65. The van der Waals surface area contributed by atoms with Gasteiger partial charge in [-0.1, -0.05) is 0 Å². The van der Waals surface area contributed by atoms with Gasteiger partial charge in [-0.15, -0.1) is 11.3 Å². The fourth-order valence-electron chi connectivity index (χ4n) is 1.23. The summed E-state index contributed by atoms with van der Waals surface area (Å²) >= 11 is 1.51. The molecule has 0 radical (unpaired) electrons. The van der Waals surface area contributed by atoms with Gasteiger partial charge in [0, 0.05) is 10.1 Å². The second-order valence-corrected chi connectivity index (χ2v) is 3.61. The Labute approximate surface area is 78.4 Å². The predicted molar refractivity (Wildman–Crippen MR) is 52.0 cm³/mol. The fourth-order valence-corrected chi connectivity index (χ4v) is 2.02. The van der Waals surface area contributed by atoms with Gasteiger partial charge < -0.3 is 10.8 Å². The number of thiophene rings is 1. The van der Waals surface area contributed by atoms with Crippen molar-refractivity contribution in [1.82, 2.24) is 0 Å². The van der Waals surface area contributed by atoms with E-state index in [1.165, 1.54) is 17.4 Å². The Kier molecular flexibility index (Phi) is 1.70. The summed E-state index contributed by atoms with van der Waals surface area (Å²) in [5.74, 6) is -0.628. The van der Waals surface area contributed by atoms with Gasteiger partial charge in [-0.2, -0.15) is 0 Å². The van der Waals surface area contributed by atoms with Crippen molar-refractivity contribution in [3.63, 3.8) is 0 Å². The molecule has 4 heteroatoms. The van der Waals surface area contributed by atoms with Gasteiger partial charge in [0.25, 0.3) is 5.91 Å². The van der Waals surface area contributed by atoms with E-state index < -0.39 is 5.91 Å². The predicted octanol–water partition coefficient (Wildman–Crippen LogP) is 1.71. The summed E-state index contributed by atoms with van der Waals surface area (Å²) in [6, 6.07) is 5.08. The second-order valence-electron chi connectivity index (χ2n) is 2.66. The van der Waals surface area contributed by atoms with Crippen LogP contribution in [0, 0.1) is 0 Å². The molecule has 1 aromatic heterocycles. The Balaban J connectivity index is 2.80. The molecule has 2 rings (SSSR count). The Morgan fingerprint density at radius 3 is 2.85 bits per heavy atom. The molecule has 66 valence electrons. The molecule has 0 bridgehead atoms. The van der Waals surface area contributed by atoms with Crippen LogP contribution in [0.1, 0.15) is 10.4 Å². The van der Waals surface area contributed by atoms with Crippen LogP contribution in [0.25, 0.3) is 10.1 Å². The molecule has 1 amide bonds. The quantitative estimate of drug-likeness (QED) is 0.724. The summed E-state index contributed by atoms with van der Waals surface area (Å²) in [5, 5.41) is 12.2. The Morgan fingerprint density at radius 1 is 1.38 bits per heavy atom. The molecule has 2 aromatic rings. The van der Waals surface area contributed by atoms with Gasteiger partial charge in [-0.25, -0.2) is 0 Å². The van der Waals surface area contributed by atoms with E-state index in [4.69, 9.17) is 5.73 Å². The molecule has 0 saturated heterocycles. The van der Waals surface area contributed by atoms with Crippen molar-refractivity contribution < 1.29 is 9.90 Å². The first-order valence-corrected chi connectivity index (χ1v) is 4.57. The van der Waals surface area contributed by atoms with E-state index in [9.17, 15) is 9.90 Å². The Bertz CT molecular complexity index is 475. The maximum Gasteiger partial charge on any atom is 0.252 e. The highest BCUT2D eigenvalue weighted by Gasteiger charge is 2.10. The van der Waals surface area contributed by atoms with Crippen LogP contribution >= 0.6 is 11.3 Å². The van der Waals surface area contributed by atoms with Gasteiger partial charge in [0.05, 0.1) is 5.56 Å². The summed E-state index contributed by atoms with van der Waals surface area (Å²) in [6.45, 7) is 0. The molecule has 0 fully saturated rings. The zero-order chi connectivity index (χ0) is 9.42. The highest BCUT2D eigenvalue weighted by molar-refractivity contribution is 7.17. The third-order valence-corrected chi connectivity index (χ3v) is 2.75. The lowest BCUT2D eigenvalue weighted by atomic mass is 10.1. The van der Waals surface area contributed by atoms with Crippen LogP contribution in [0.4, 0.5) is 0 Å². The van der Waals surface area contributed by atoms with Gasteiger partial charge >= 0.3 is 0 Å². The number of rotatable bonds is 1. The SMILES string of the molecule is NC(=O)c1ccc2sccc2c1O. The second kappa shape index (κ2) is 2.74. The number of phenols is 1. The van der Waals surface area contributed by atoms with Crippen molar-refractivity contribution in [1.29, 1.82) is 0 Å². The Hall–Kier alpha value is -1.55. The number of fused-ring (bicyclic) bond motifs is 1. The number of carbonyl (C=O) groups excluding carboxylic acids is 1. The van der Waals surface area contributed by atoms with E-state index in [2.05, 4.69) is 0 Å². The minimum absolute atomic E-state index is 0.0220. The molecule has 1 aromatic carbocycles. The first-order chi connectivity index (χ1) is 6.20. The van der Waals surface area contributed by atoms with E-state index in [1.54, 1.807) is 12.1 Å². The third kappa shape index (κ3) is 1.15. The normalized spacial score (nSPS) is 10.5. The van der Waals surface area contributed by atoms with Crippen molar-refractivity contribution in [3.8, 4) is 5.75 Å². The maximum absolute atomic E-state index is 10.9. The molecular weight excluding hydrogens is 186 g/mol. The largest absolute Gasteiger partial charge is 0.506 e. The monoisotopic (exact) mass is 193 g/mol. The number of aromatic hydroxyl groups is 1. The van der Waals surface area contributed by atoms with Crippen molar-refractivity contribution in [2.45, 2.75) is 0 Å². The van der Waals surface area contributed by atoms with Crippen LogP contribution in [0.15, 0.2) is 23.6 Å². The highest BCUT2D eigenvalue weighted by atomic mass is 32.1. The number of carbonyl (C=O) groups is 1. The van der Waals surface area contributed by atoms with Gasteiger partial charge in [-0.3, -0.25) is 4.79 Å². The summed E-state index contributed by atoms with van der Waals surface area (Å²) in [7, 11) is 0. The lowest BCUT2D eigenvalue weighted by Crippen LogP contribution is -2.10. The maximum atomic E-state index is 10.9. The molecule has 0 unspecified atom stereocenters. The van der Waals surface area contributed by atoms with E-state index in [0.29, 0.717) is 5.39 Å². The van der Waals surface area contributed by atoms with Gasteiger partial charge in [0.2, 0.25) is 0 Å². The summed E-state index contributed by atoms with van der Waals surface area (Å²) in [6.07, 6.45) is 0. The standard InChI is InChI=1S/C9H7NO2S/c10-9(12)6-1-2-7-5(8(6)11)3-4-13-7/h1-4,11H,(H2,10,12). The molecule has 13 heavy (non-hydrogen) atoms. The summed E-state index contributed by atoms with van der Waals surface area (Å²) in [5.41, 5.74) is 5.25. The lowest BCUT2D eigenvalue weighted by Gasteiger charge is -2.00. The van der Waals surface area contributed by atoms with Crippen LogP contribution in [0.5, 0.6) is 5.75 Å². The molecule has 0 atom stereocenters. The molecular formula is C9H7NO2S. The van der Waals surface area contributed by atoms with Crippen LogP contribution in [-0.4, -0.2) is 11.0 Å². The smallest absolute Gasteiger partial charge is 0.252 e. The number of hydrogen-bond acceptors (Lipinski definition) is 3. The molecule has 0 aliphatic rings. The van der Waals surface area contributed by atoms with Crippen molar-refractivity contribution >= 4 is 27.3 Å². The lowest BCUT2D eigenvalue weighted by molar-refractivity contribution is 0.0998. The van der Waals surface area contributed by atoms with Crippen molar-refractivity contribution in [2.75, 3.05) is 0 Å². The molecule has 0 saturated carbocycles. The molecule has 0 spiro atoms. The van der Waals surface area contributed by atoms with E-state index in [0.717, 1.165) is 4.70 Å². The molecule has 1 heterocycles. The average molecular weight is 193 g/mol. The molecule has 3 N–H and O–H groups in total. The van der Waals surface area contributed by atoms with Crippen LogP contribution < -0.4 is 5.73 Å². The fraction of sp³-hybridized carbons (Fsp3) is 0. The van der Waals surface area contributed by atoms with E-state index >= 15 is 0 Å². The minimum atomic E-state index is -0.606. The van der Waals surface area contributed by atoms with E-state index in [-0.39, 0.29) is 11.3 Å².